The number of nitrogens with one attached hydrogen (secondary N) is 1. The fraction of sp³-hybridized carbons (Fsp3) is 0.355. The van der Waals surface area contributed by atoms with E-state index >= 15 is 0 Å². The van der Waals surface area contributed by atoms with Crippen molar-refractivity contribution in [2.24, 2.45) is 0 Å². The number of amides is 2. The van der Waals surface area contributed by atoms with Gasteiger partial charge in [0.05, 0.1) is 24.8 Å². The summed E-state index contributed by atoms with van der Waals surface area (Å²) in [5.41, 5.74) is 1.49. The molecule has 2 amide bonds. The summed E-state index contributed by atoms with van der Waals surface area (Å²) in [7, 11) is -1.32. The van der Waals surface area contributed by atoms with E-state index in [1.54, 1.807) is 31.2 Å². The molecule has 220 valence electrons. The van der Waals surface area contributed by atoms with E-state index in [1.807, 2.05) is 52.0 Å². The average molecular weight is 582 g/mol. The van der Waals surface area contributed by atoms with Gasteiger partial charge >= 0.3 is 0 Å². The third kappa shape index (κ3) is 8.00. The molecule has 0 heterocycles. The van der Waals surface area contributed by atoms with Crippen molar-refractivity contribution in [2.45, 2.75) is 57.6 Å². The maximum atomic E-state index is 14.1. The van der Waals surface area contributed by atoms with E-state index in [-0.39, 0.29) is 28.8 Å². The molecule has 0 aliphatic carbocycles. The number of anilines is 1. The van der Waals surface area contributed by atoms with Crippen LogP contribution in [0.25, 0.3) is 0 Å². The molecule has 0 saturated heterocycles. The number of hydrogen-bond donors (Lipinski definition) is 1. The summed E-state index contributed by atoms with van der Waals surface area (Å²) in [6, 6.07) is 19.2. The Morgan fingerprint density at radius 2 is 1.59 bits per heavy atom. The van der Waals surface area contributed by atoms with Crippen LogP contribution >= 0.6 is 0 Å². The van der Waals surface area contributed by atoms with Gasteiger partial charge < -0.3 is 19.7 Å². The number of rotatable bonds is 11. The fourth-order valence-electron chi connectivity index (χ4n) is 4.29. The van der Waals surface area contributed by atoms with Gasteiger partial charge in [0.15, 0.2) is 0 Å². The SMILES string of the molecule is COc1ccc(S(=O)(=O)N(CC(=O)N(Cc2cccc(C)c2)[C@@H](C)C(=O)NC(C)(C)C)c2ccccc2OC)cc1. The van der Waals surface area contributed by atoms with Crippen molar-refractivity contribution in [2.75, 3.05) is 25.1 Å². The van der Waals surface area contributed by atoms with Crippen LogP contribution in [0.2, 0.25) is 0 Å². The molecular formula is C31H39N3O6S. The quantitative estimate of drug-likeness (QED) is 0.357. The second-order valence-corrected chi connectivity index (χ2v) is 12.6. The number of ether oxygens (including phenoxy) is 2. The summed E-state index contributed by atoms with van der Waals surface area (Å²) in [6.45, 7) is 8.70. The standard InChI is InChI=1S/C31H39N3O6S/c1-22-11-10-12-24(19-22)20-33(23(2)30(36)32-31(3,4)5)29(35)21-34(27-13-8-9-14-28(27)40-7)41(37,38)26-17-15-25(39-6)16-18-26/h8-19,23H,20-21H2,1-7H3,(H,32,36)/t23-/m0/s1. The maximum Gasteiger partial charge on any atom is 0.264 e. The highest BCUT2D eigenvalue weighted by atomic mass is 32.2. The molecular weight excluding hydrogens is 542 g/mol. The lowest BCUT2D eigenvalue weighted by molar-refractivity contribution is -0.140. The Kier molecular flexibility index (Phi) is 10.0. The van der Waals surface area contributed by atoms with Crippen LogP contribution in [-0.4, -0.2) is 57.5 Å². The van der Waals surface area contributed by atoms with Gasteiger partial charge in [-0.2, -0.15) is 0 Å². The molecule has 0 aliphatic rings. The number of benzene rings is 3. The zero-order valence-corrected chi connectivity index (χ0v) is 25.5. The van der Waals surface area contributed by atoms with Crippen molar-refractivity contribution >= 4 is 27.5 Å². The van der Waals surface area contributed by atoms with Gasteiger partial charge in [-0.15, -0.1) is 0 Å². The number of hydrogen-bond acceptors (Lipinski definition) is 6. The molecule has 0 spiro atoms. The van der Waals surface area contributed by atoms with Crippen molar-refractivity contribution in [3.63, 3.8) is 0 Å². The molecule has 9 nitrogen and oxygen atoms in total. The number of nitrogens with zero attached hydrogens (tertiary/aromatic N) is 2. The van der Waals surface area contributed by atoms with Crippen LogP contribution in [-0.2, 0) is 26.2 Å². The van der Waals surface area contributed by atoms with Crippen LogP contribution in [0.15, 0.2) is 77.7 Å². The number of carbonyl (C=O) groups excluding carboxylic acids is 2. The Hall–Kier alpha value is -4.05. The van der Waals surface area contributed by atoms with Crippen LogP contribution in [0.5, 0.6) is 11.5 Å². The second-order valence-electron chi connectivity index (χ2n) is 10.8. The minimum absolute atomic E-state index is 0.0271. The lowest BCUT2D eigenvalue weighted by atomic mass is 10.1. The molecule has 10 heteroatoms. The zero-order valence-electron chi connectivity index (χ0n) is 24.7. The van der Waals surface area contributed by atoms with Crippen molar-refractivity contribution < 1.29 is 27.5 Å². The van der Waals surface area contributed by atoms with E-state index in [9.17, 15) is 18.0 Å². The highest BCUT2D eigenvalue weighted by Gasteiger charge is 2.34. The first kappa shape index (κ1) is 31.5. The largest absolute Gasteiger partial charge is 0.497 e. The van der Waals surface area contributed by atoms with Gasteiger partial charge in [-0.05, 0) is 76.6 Å². The van der Waals surface area contributed by atoms with Crippen molar-refractivity contribution in [1.29, 1.82) is 0 Å². The molecule has 41 heavy (non-hydrogen) atoms. The highest BCUT2D eigenvalue weighted by molar-refractivity contribution is 7.92. The first-order valence-electron chi connectivity index (χ1n) is 13.2. The minimum atomic E-state index is -4.24. The van der Waals surface area contributed by atoms with Crippen LogP contribution in [0.3, 0.4) is 0 Å². The summed E-state index contributed by atoms with van der Waals surface area (Å²) in [6.07, 6.45) is 0. The van der Waals surface area contributed by atoms with Gasteiger partial charge in [0.25, 0.3) is 10.0 Å². The molecule has 0 bridgehead atoms. The number of methoxy groups -OCH3 is 2. The van der Waals surface area contributed by atoms with E-state index < -0.39 is 34.1 Å². The molecule has 1 N–H and O–H groups in total. The molecule has 0 unspecified atom stereocenters. The summed E-state index contributed by atoms with van der Waals surface area (Å²) >= 11 is 0. The Labute approximate surface area is 243 Å². The lowest BCUT2D eigenvalue weighted by Gasteiger charge is -2.33. The first-order valence-corrected chi connectivity index (χ1v) is 14.7. The normalized spacial score (nSPS) is 12.3. The van der Waals surface area contributed by atoms with Crippen LogP contribution in [0.1, 0.15) is 38.8 Å². The van der Waals surface area contributed by atoms with Crippen molar-refractivity contribution in [3.8, 4) is 11.5 Å². The predicted octanol–water partition coefficient (Wildman–Crippen LogP) is 4.54. The van der Waals surface area contributed by atoms with E-state index in [2.05, 4.69) is 5.32 Å². The van der Waals surface area contributed by atoms with Gasteiger partial charge in [0.2, 0.25) is 11.8 Å². The molecule has 3 aromatic carbocycles. The van der Waals surface area contributed by atoms with Crippen LogP contribution in [0, 0.1) is 6.92 Å². The monoisotopic (exact) mass is 581 g/mol. The van der Waals surface area contributed by atoms with E-state index in [4.69, 9.17) is 9.47 Å². The zero-order chi connectivity index (χ0) is 30.4. The summed E-state index contributed by atoms with van der Waals surface area (Å²) in [5.74, 6) is -0.126. The highest BCUT2D eigenvalue weighted by Crippen LogP contribution is 2.33. The molecule has 0 saturated carbocycles. The number of carbonyl (C=O) groups is 2. The third-order valence-electron chi connectivity index (χ3n) is 6.38. The van der Waals surface area contributed by atoms with E-state index in [1.165, 1.54) is 43.4 Å². The molecule has 0 radical (unpaired) electrons. The molecule has 0 aliphatic heterocycles. The van der Waals surface area contributed by atoms with Crippen LogP contribution in [0.4, 0.5) is 5.69 Å². The molecule has 0 aromatic heterocycles. The topological polar surface area (TPSA) is 105 Å². The summed E-state index contributed by atoms with van der Waals surface area (Å²) < 4.78 is 39.7. The van der Waals surface area contributed by atoms with E-state index in [0.29, 0.717) is 5.75 Å². The van der Waals surface area contributed by atoms with Gasteiger partial charge in [-0.25, -0.2) is 8.42 Å². The molecule has 1 atom stereocenters. The molecule has 3 rings (SSSR count). The Morgan fingerprint density at radius 3 is 2.17 bits per heavy atom. The number of para-hydroxylation sites is 2. The van der Waals surface area contributed by atoms with Crippen LogP contribution < -0.4 is 19.1 Å². The number of aryl methyl sites for hydroxylation is 1. The van der Waals surface area contributed by atoms with E-state index in [0.717, 1.165) is 15.4 Å². The Bertz CT molecular complexity index is 1470. The minimum Gasteiger partial charge on any atom is -0.497 e. The fourth-order valence-corrected chi connectivity index (χ4v) is 5.71. The van der Waals surface area contributed by atoms with Crippen molar-refractivity contribution in [1.82, 2.24) is 10.2 Å². The molecule has 3 aromatic rings. The first-order chi connectivity index (χ1) is 19.3. The van der Waals surface area contributed by atoms with Gasteiger partial charge in [0, 0.05) is 12.1 Å². The number of sulfonamides is 1. The van der Waals surface area contributed by atoms with Gasteiger partial charge in [-0.3, -0.25) is 13.9 Å². The Balaban J connectivity index is 2.08. The Morgan fingerprint density at radius 1 is 0.927 bits per heavy atom. The van der Waals surface area contributed by atoms with Gasteiger partial charge in [0.1, 0.15) is 24.1 Å². The average Bonchev–Trinajstić information content (AvgIpc) is 2.93. The third-order valence-corrected chi connectivity index (χ3v) is 8.16. The summed E-state index contributed by atoms with van der Waals surface area (Å²) in [4.78, 5) is 28.7. The lowest BCUT2D eigenvalue weighted by Crippen LogP contribution is -2.54. The maximum absolute atomic E-state index is 14.1. The predicted molar refractivity (Wildman–Crippen MR) is 160 cm³/mol. The molecule has 0 fully saturated rings. The smallest absolute Gasteiger partial charge is 0.264 e. The second kappa shape index (κ2) is 13.1. The van der Waals surface area contributed by atoms with Gasteiger partial charge in [-0.1, -0.05) is 42.0 Å². The summed E-state index contributed by atoms with van der Waals surface area (Å²) in [5, 5.41) is 2.93. The van der Waals surface area contributed by atoms with Crippen molar-refractivity contribution in [3.05, 3.63) is 83.9 Å².